The van der Waals surface area contributed by atoms with E-state index in [1.807, 2.05) is 20.8 Å². The average Bonchev–Trinajstić information content (AvgIpc) is 2.18. The van der Waals surface area contributed by atoms with E-state index in [2.05, 4.69) is 15.2 Å². The van der Waals surface area contributed by atoms with Gasteiger partial charge >= 0.3 is 5.97 Å². The molecule has 1 atom stereocenters. The predicted molar refractivity (Wildman–Crippen MR) is 59.1 cm³/mol. The van der Waals surface area contributed by atoms with Gasteiger partial charge in [0.05, 0.1) is 11.4 Å². The zero-order chi connectivity index (χ0) is 12.3. The molecule has 1 rings (SSSR count). The van der Waals surface area contributed by atoms with Gasteiger partial charge in [-0.3, -0.25) is 4.79 Å². The van der Waals surface area contributed by atoms with Gasteiger partial charge in [-0.2, -0.15) is 5.10 Å². The van der Waals surface area contributed by atoms with Gasteiger partial charge in [-0.25, -0.2) is 4.98 Å². The lowest BCUT2D eigenvalue weighted by Crippen LogP contribution is -2.18. The third-order valence-electron chi connectivity index (χ3n) is 2.43. The first-order valence-electron chi connectivity index (χ1n) is 5.32. The largest absolute Gasteiger partial charge is 0.481 e. The molecule has 0 saturated carbocycles. The third-order valence-corrected chi connectivity index (χ3v) is 2.43. The summed E-state index contributed by atoms with van der Waals surface area (Å²) in [6.07, 6.45) is 0.527. The minimum atomic E-state index is -0.890. The maximum Gasteiger partial charge on any atom is 0.314 e. The Morgan fingerprint density at radius 1 is 1.25 bits per heavy atom. The van der Waals surface area contributed by atoms with E-state index in [0.717, 1.165) is 11.4 Å². The van der Waals surface area contributed by atoms with Gasteiger partial charge in [0.15, 0.2) is 5.82 Å². The highest BCUT2D eigenvalue weighted by Gasteiger charge is 2.24. The fourth-order valence-corrected chi connectivity index (χ4v) is 1.41. The molecule has 1 heterocycles. The van der Waals surface area contributed by atoms with Crippen molar-refractivity contribution in [3.8, 4) is 0 Å². The molecule has 0 amide bonds. The minimum absolute atomic E-state index is 0.284. The monoisotopic (exact) mass is 223 g/mol. The smallest absolute Gasteiger partial charge is 0.314 e. The van der Waals surface area contributed by atoms with E-state index in [0.29, 0.717) is 12.2 Å². The molecule has 1 aromatic rings. The summed E-state index contributed by atoms with van der Waals surface area (Å²) < 4.78 is 0. The second kappa shape index (κ2) is 5.01. The molecule has 0 aromatic carbocycles. The van der Waals surface area contributed by atoms with E-state index in [4.69, 9.17) is 5.11 Å². The first-order valence-corrected chi connectivity index (χ1v) is 5.32. The average molecular weight is 223 g/mol. The lowest BCUT2D eigenvalue weighted by atomic mass is 9.96. The number of carboxylic acids is 1. The molecule has 0 saturated heterocycles. The number of aliphatic carboxylic acids is 1. The zero-order valence-corrected chi connectivity index (χ0v) is 10.1. The molecule has 88 valence electrons. The van der Waals surface area contributed by atoms with Gasteiger partial charge in [-0.1, -0.05) is 13.8 Å². The summed E-state index contributed by atoms with van der Waals surface area (Å²) in [4.78, 5) is 15.3. The summed E-state index contributed by atoms with van der Waals surface area (Å²) in [5, 5.41) is 16.9. The number of carboxylic acid groups (broad SMARTS) is 1. The second-order valence-corrected chi connectivity index (χ2v) is 4.36. The van der Waals surface area contributed by atoms with Gasteiger partial charge in [0, 0.05) is 0 Å². The Labute approximate surface area is 94.9 Å². The van der Waals surface area contributed by atoms with Crippen LogP contribution in [0.4, 0.5) is 0 Å². The molecule has 0 radical (unpaired) electrons. The van der Waals surface area contributed by atoms with E-state index >= 15 is 0 Å². The van der Waals surface area contributed by atoms with E-state index < -0.39 is 11.9 Å². The van der Waals surface area contributed by atoms with Gasteiger partial charge in [0.1, 0.15) is 5.92 Å². The molecule has 0 aliphatic rings. The van der Waals surface area contributed by atoms with Crippen molar-refractivity contribution >= 4 is 5.97 Å². The van der Waals surface area contributed by atoms with Crippen molar-refractivity contribution in [1.29, 1.82) is 0 Å². The Hall–Kier alpha value is -1.52. The Bertz CT molecular complexity index is 391. The number of hydrogen-bond acceptors (Lipinski definition) is 4. The number of nitrogens with zero attached hydrogens (tertiary/aromatic N) is 3. The molecule has 0 bridgehead atoms. The number of rotatable bonds is 4. The molecule has 1 aromatic heterocycles. The number of hydrogen-bond donors (Lipinski definition) is 1. The summed E-state index contributed by atoms with van der Waals surface area (Å²) in [7, 11) is 0. The second-order valence-electron chi connectivity index (χ2n) is 4.36. The van der Waals surface area contributed by atoms with Crippen molar-refractivity contribution in [1.82, 2.24) is 15.2 Å². The van der Waals surface area contributed by atoms with Gasteiger partial charge in [0.2, 0.25) is 0 Å². The Morgan fingerprint density at radius 2 is 1.88 bits per heavy atom. The zero-order valence-electron chi connectivity index (χ0n) is 10.1. The first-order chi connectivity index (χ1) is 7.41. The lowest BCUT2D eigenvalue weighted by molar-refractivity contribution is -0.139. The molecule has 5 heteroatoms. The SMILES string of the molecule is Cc1nnc(C(CC(C)C)C(=O)O)nc1C. The summed E-state index contributed by atoms with van der Waals surface area (Å²) in [5.74, 6) is -0.957. The highest BCUT2D eigenvalue weighted by Crippen LogP contribution is 2.21. The fraction of sp³-hybridized carbons (Fsp3) is 0.636. The maximum absolute atomic E-state index is 11.1. The standard InChI is InChI=1S/C11H17N3O2/c1-6(2)5-9(11(15)16)10-12-7(3)8(4)13-14-10/h6,9H,5H2,1-4H3,(H,15,16). The van der Waals surface area contributed by atoms with Crippen LogP contribution in [0.5, 0.6) is 0 Å². The summed E-state index contributed by atoms with van der Waals surface area (Å²) in [6.45, 7) is 7.56. The molecule has 1 unspecified atom stereocenters. The van der Waals surface area contributed by atoms with Gasteiger partial charge in [0.25, 0.3) is 0 Å². The Balaban J connectivity index is 3.01. The van der Waals surface area contributed by atoms with E-state index in [9.17, 15) is 4.79 Å². The summed E-state index contributed by atoms with van der Waals surface area (Å²) in [6, 6.07) is 0. The topological polar surface area (TPSA) is 76.0 Å². The van der Waals surface area contributed by atoms with Gasteiger partial charge in [-0.15, -0.1) is 5.10 Å². The van der Waals surface area contributed by atoms with Crippen LogP contribution in [0.2, 0.25) is 0 Å². The molecule has 0 fully saturated rings. The van der Waals surface area contributed by atoms with Crippen molar-refractivity contribution in [2.75, 3.05) is 0 Å². The van der Waals surface area contributed by atoms with Crippen LogP contribution in [-0.2, 0) is 4.79 Å². The first kappa shape index (κ1) is 12.5. The van der Waals surface area contributed by atoms with Crippen molar-refractivity contribution in [3.05, 3.63) is 17.2 Å². The van der Waals surface area contributed by atoms with Crippen molar-refractivity contribution in [2.45, 2.75) is 40.0 Å². The van der Waals surface area contributed by atoms with Gasteiger partial charge in [-0.05, 0) is 26.2 Å². The van der Waals surface area contributed by atoms with Crippen LogP contribution in [0.25, 0.3) is 0 Å². The predicted octanol–water partition coefficient (Wildman–Crippen LogP) is 1.70. The van der Waals surface area contributed by atoms with Crippen LogP contribution in [0.3, 0.4) is 0 Å². The highest BCUT2D eigenvalue weighted by molar-refractivity contribution is 5.74. The third kappa shape index (κ3) is 2.98. The van der Waals surface area contributed by atoms with Crippen LogP contribution < -0.4 is 0 Å². The van der Waals surface area contributed by atoms with Crippen molar-refractivity contribution in [2.24, 2.45) is 5.92 Å². The molecular formula is C11H17N3O2. The van der Waals surface area contributed by atoms with Crippen LogP contribution in [0.15, 0.2) is 0 Å². The number of carbonyl (C=O) groups is 1. The molecular weight excluding hydrogens is 206 g/mol. The molecule has 0 aliphatic carbocycles. The summed E-state index contributed by atoms with van der Waals surface area (Å²) >= 11 is 0. The number of aromatic nitrogens is 3. The highest BCUT2D eigenvalue weighted by atomic mass is 16.4. The molecule has 5 nitrogen and oxygen atoms in total. The quantitative estimate of drug-likeness (QED) is 0.840. The minimum Gasteiger partial charge on any atom is -0.481 e. The Morgan fingerprint density at radius 3 is 2.31 bits per heavy atom. The lowest BCUT2D eigenvalue weighted by Gasteiger charge is -2.13. The number of aryl methyl sites for hydroxylation is 2. The summed E-state index contributed by atoms with van der Waals surface area (Å²) in [5.41, 5.74) is 1.47. The van der Waals surface area contributed by atoms with Gasteiger partial charge < -0.3 is 5.11 Å². The molecule has 1 N–H and O–H groups in total. The van der Waals surface area contributed by atoms with E-state index in [-0.39, 0.29) is 5.92 Å². The molecule has 0 spiro atoms. The molecule has 0 aliphatic heterocycles. The fourth-order valence-electron chi connectivity index (χ4n) is 1.41. The Kier molecular flexibility index (Phi) is 3.93. The van der Waals surface area contributed by atoms with E-state index in [1.165, 1.54) is 0 Å². The van der Waals surface area contributed by atoms with Crippen molar-refractivity contribution in [3.63, 3.8) is 0 Å². The van der Waals surface area contributed by atoms with Crippen LogP contribution in [-0.4, -0.2) is 26.3 Å². The van der Waals surface area contributed by atoms with Crippen LogP contribution in [0, 0.1) is 19.8 Å². The molecule has 16 heavy (non-hydrogen) atoms. The van der Waals surface area contributed by atoms with Crippen LogP contribution in [0.1, 0.15) is 43.4 Å². The van der Waals surface area contributed by atoms with Crippen molar-refractivity contribution < 1.29 is 9.90 Å². The maximum atomic E-state index is 11.1. The van der Waals surface area contributed by atoms with E-state index in [1.54, 1.807) is 6.92 Å². The normalized spacial score (nSPS) is 12.8. The van der Waals surface area contributed by atoms with Crippen LogP contribution >= 0.6 is 0 Å².